The molecule has 1 amide bonds. The molecule has 142 valence electrons. The van der Waals surface area contributed by atoms with Crippen molar-refractivity contribution in [3.05, 3.63) is 77.3 Å². The minimum absolute atomic E-state index is 0.134. The molecular weight excluding hydrogens is 358 g/mol. The van der Waals surface area contributed by atoms with Gasteiger partial charge in [0.15, 0.2) is 5.58 Å². The van der Waals surface area contributed by atoms with Crippen molar-refractivity contribution in [2.24, 2.45) is 0 Å². The Morgan fingerprint density at radius 1 is 1.18 bits per heavy atom. The third-order valence-corrected chi connectivity index (χ3v) is 4.59. The van der Waals surface area contributed by atoms with E-state index in [4.69, 9.17) is 4.42 Å². The van der Waals surface area contributed by atoms with Crippen LogP contribution in [0, 0.1) is 0 Å². The third-order valence-electron chi connectivity index (χ3n) is 4.59. The molecule has 0 spiro atoms. The number of oxazole rings is 1. The van der Waals surface area contributed by atoms with Crippen molar-refractivity contribution in [2.75, 3.05) is 0 Å². The molecule has 28 heavy (non-hydrogen) atoms. The van der Waals surface area contributed by atoms with E-state index >= 15 is 0 Å². The molecule has 0 aliphatic rings. The average molecular weight is 377 g/mol. The molecule has 0 aliphatic carbocycles. The summed E-state index contributed by atoms with van der Waals surface area (Å²) in [7, 11) is 0. The van der Waals surface area contributed by atoms with E-state index in [9.17, 15) is 9.59 Å². The van der Waals surface area contributed by atoms with Crippen molar-refractivity contribution in [3.63, 3.8) is 0 Å². The number of carbonyl (C=O) groups excluding carboxylic acids is 1. The van der Waals surface area contributed by atoms with E-state index in [1.54, 1.807) is 29.2 Å². The Bertz CT molecular complexity index is 1140. The number of aryl methyl sites for hydroxylation is 1. The van der Waals surface area contributed by atoms with E-state index in [2.05, 4.69) is 15.4 Å². The summed E-state index contributed by atoms with van der Waals surface area (Å²) in [6.45, 7) is 2.18. The lowest BCUT2D eigenvalue weighted by Gasteiger charge is -2.15. The van der Waals surface area contributed by atoms with Crippen molar-refractivity contribution >= 4 is 17.0 Å². The smallest absolute Gasteiger partial charge is 0.408 e. The fourth-order valence-corrected chi connectivity index (χ4v) is 3.09. The maximum atomic E-state index is 12.3. The zero-order valence-electron chi connectivity index (χ0n) is 15.3. The lowest BCUT2D eigenvalue weighted by atomic mass is 10.1. The van der Waals surface area contributed by atoms with Gasteiger partial charge in [-0.3, -0.25) is 9.36 Å². The second kappa shape index (κ2) is 7.51. The largest absolute Gasteiger partial charge is 0.419 e. The van der Waals surface area contributed by atoms with E-state index in [1.807, 2.05) is 37.3 Å². The highest BCUT2D eigenvalue weighted by molar-refractivity contribution is 5.77. The number of amides is 1. The summed E-state index contributed by atoms with van der Waals surface area (Å²) in [5.41, 5.74) is 3.08. The van der Waals surface area contributed by atoms with E-state index in [0.717, 1.165) is 11.3 Å². The standard InChI is InChI=1S/C20H19N5O3/c1-14(15-6-8-16(9-7-15)25-13-21-12-22-25)23-19(26)10-11-24-17-4-2-3-5-18(17)28-20(24)27/h2-9,12-14H,10-11H2,1H3,(H,23,26)/t14-/m0/s1. The number of nitrogens with zero attached hydrogens (tertiary/aromatic N) is 4. The molecule has 8 heteroatoms. The first kappa shape index (κ1) is 17.7. The van der Waals surface area contributed by atoms with Crippen LogP contribution in [0.3, 0.4) is 0 Å². The number of hydrogen-bond donors (Lipinski definition) is 1. The molecule has 2 aromatic heterocycles. The van der Waals surface area contributed by atoms with Gasteiger partial charge >= 0.3 is 5.76 Å². The number of fused-ring (bicyclic) bond motifs is 1. The van der Waals surface area contributed by atoms with Crippen molar-refractivity contribution in [3.8, 4) is 5.69 Å². The molecule has 0 radical (unpaired) electrons. The molecule has 2 heterocycles. The number of para-hydroxylation sites is 2. The summed E-state index contributed by atoms with van der Waals surface area (Å²) in [5, 5.41) is 7.05. The normalized spacial score (nSPS) is 12.2. The van der Waals surface area contributed by atoms with Crippen molar-refractivity contribution in [2.45, 2.75) is 25.9 Å². The van der Waals surface area contributed by atoms with E-state index < -0.39 is 5.76 Å². The van der Waals surface area contributed by atoms with Crippen LogP contribution < -0.4 is 11.1 Å². The topological polar surface area (TPSA) is 95.0 Å². The van der Waals surface area contributed by atoms with Crippen molar-refractivity contribution in [1.29, 1.82) is 0 Å². The Labute approximate surface area is 160 Å². The molecule has 0 saturated carbocycles. The van der Waals surface area contributed by atoms with E-state index in [-0.39, 0.29) is 24.9 Å². The first-order valence-electron chi connectivity index (χ1n) is 8.94. The van der Waals surface area contributed by atoms with Gasteiger partial charge in [0.2, 0.25) is 5.91 Å². The molecule has 8 nitrogen and oxygen atoms in total. The number of benzene rings is 2. The Balaban J connectivity index is 1.38. The van der Waals surface area contributed by atoms with Gasteiger partial charge in [0.1, 0.15) is 12.7 Å². The van der Waals surface area contributed by atoms with Gasteiger partial charge in [-0.05, 0) is 36.8 Å². The SMILES string of the molecule is C[C@H](NC(=O)CCn1c(=O)oc2ccccc21)c1ccc(-n2cncn2)cc1. The van der Waals surface area contributed by atoms with E-state index in [0.29, 0.717) is 11.1 Å². The molecule has 0 aliphatic heterocycles. The monoisotopic (exact) mass is 377 g/mol. The van der Waals surface area contributed by atoms with Gasteiger partial charge in [0, 0.05) is 13.0 Å². The Kier molecular flexibility index (Phi) is 4.76. The highest BCUT2D eigenvalue weighted by Crippen LogP contribution is 2.16. The maximum Gasteiger partial charge on any atom is 0.419 e. The highest BCUT2D eigenvalue weighted by Gasteiger charge is 2.13. The van der Waals surface area contributed by atoms with Crippen LogP contribution in [0.1, 0.15) is 24.9 Å². The molecule has 1 atom stereocenters. The summed E-state index contributed by atoms with van der Waals surface area (Å²) in [6, 6.07) is 14.7. The highest BCUT2D eigenvalue weighted by atomic mass is 16.4. The van der Waals surface area contributed by atoms with Gasteiger partial charge in [-0.15, -0.1) is 0 Å². The summed E-state index contributed by atoms with van der Waals surface area (Å²) in [6.07, 6.45) is 3.29. The molecule has 2 aromatic carbocycles. The predicted molar refractivity (Wildman–Crippen MR) is 103 cm³/mol. The molecule has 0 bridgehead atoms. The van der Waals surface area contributed by atoms with Crippen LogP contribution in [0.2, 0.25) is 0 Å². The summed E-state index contributed by atoms with van der Waals surface area (Å²) < 4.78 is 8.33. The van der Waals surface area contributed by atoms with Gasteiger partial charge in [-0.1, -0.05) is 24.3 Å². The van der Waals surface area contributed by atoms with Crippen LogP contribution in [-0.2, 0) is 11.3 Å². The van der Waals surface area contributed by atoms with Crippen LogP contribution in [0.25, 0.3) is 16.8 Å². The zero-order chi connectivity index (χ0) is 19.5. The van der Waals surface area contributed by atoms with Gasteiger partial charge < -0.3 is 9.73 Å². The summed E-state index contributed by atoms with van der Waals surface area (Å²) >= 11 is 0. The quantitative estimate of drug-likeness (QED) is 0.557. The van der Waals surface area contributed by atoms with Crippen molar-refractivity contribution < 1.29 is 9.21 Å². The number of rotatable bonds is 6. The second-order valence-corrected chi connectivity index (χ2v) is 6.46. The third kappa shape index (κ3) is 3.57. The fourth-order valence-electron chi connectivity index (χ4n) is 3.09. The summed E-state index contributed by atoms with van der Waals surface area (Å²) in [5.74, 6) is -0.587. The van der Waals surface area contributed by atoms with Crippen LogP contribution >= 0.6 is 0 Å². The van der Waals surface area contributed by atoms with Crippen LogP contribution in [0.5, 0.6) is 0 Å². The minimum atomic E-state index is -0.453. The van der Waals surface area contributed by atoms with Crippen LogP contribution in [0.15, 0.2) is 70.4 Å². The molecule has 0 saturated heterocycles. The minimum Gasteiger partial charge on any atom is -0.408 e. The first-order valence-corrected chi connectivity index (χ1v) is 8.94. The maximum absolute atomic E-state index is 12.3. The Morgan fingerprint density at radius 2 is 1.96 bits per heavy atom. The van der Waals surface area contributed by atoms with Gasteiger partial charge in [-0.2, -0.15) is 5.10 Å². The number of hydrogen-bond acceptors (Lipinski definition) is 5. The van der Waals surface area contributed by atoms with Crippen LogP contribution in [0.4, 0.5) is 0 Å². The lowest BCUT2D eigenvalue weighted by Crippen LogP contribution is -2.28. The molecule has 0 unspecified atom stereocenters. The molecule has 0 fully saturated rings. The summed E-state index contributed by atoms with van der Waals surface area (Å²) in [4.78, 5) is 28.2. The predicted octanol–water partition coefficient (Wildman–Crippen LogP) is 2.44. The molecule has 4 rings (SSSR count). The number of nitrogens with one attached hydrogen (secondary N) is 1. The van der Waals surface area contributed by atoms with Gasteiger partial charge in [0.25, 0.3) is 0 Å². The van der Waals surface area contributed by atoms with Crippen LogP contribution in [-0.4, -0.2) is 25.2 Å². The fraction of sp³-hybridized carbons (Fsp3) is 0.200. The molecule has 1 N–H and O–H groups in total. The second-order valence-electron chi connectivity index (χ2n) is 6.46. The lowest BCUT2D eigenvalue weighted by molar-refractivity contribution is -0.121. The zero-order valence-corrected chi connectivity index (χ0v) is 15.3. The Hall–Kier alpha value is -3.68. The Morgan fingerprint density at radius 3 is 2.71 bits per heavy atom. The number of aromatic nitrogens is 4. The van der Waals surface area contributed by atoms with Gasteiger partial charge in [0.05, 0.1) is 17.2 Å². The van der Waals surface area contributed by atoms with Crippen molar-refractivity contribution in [1.82, 2.24) is 24.6 Å². The van der Waals surface area contributed by atoms with Gasteiger partial charge in [-0.25, -0.2) is 14.5 Å². The average Bonchev–Trinajstić information content (AvgIpc) is 3.34. The molecular formula is C20H19N5O3. The molecule has 4 aromatic rings. The van der Waals surface area contributed by atoms with E-state index in [1.165, 1.54) is 10.9 Å². The number of carbonyl (C=O) groups is 1. The first-order chi connectivity index (χ1) is 13.6.